The van der Waals surface area contributed by atoms with Crippen molar-refractivity contribution in [2.45, 2.75) is 80.1 Å². The molecule has 0 radical (unpaired) electrons. The van der Waals surface area contributed by atoms with Gasteiger partial charge in [-0.2, -0.15) is 0 Å². The van der Waals surface area contributed by atoms with Gasteiger partial charge in [-0.15, -0.1) is 0 Å². The second-order valence-corrected chi connectivity index (χ2v) is 5.72. The Morgan fingerprint density at radius 2 is 0.938 bits per heavy atom. The summed E-state index contributed by atoms with van der Waals surface area (Å²) < 4.78 is 0. The van der Waals surface area contributed by atoms with Crippen LogP contribution in [0.2, 0.25) is 0 Å². The van der Waals surface area contributed by atoms with Gasteiger partial charge in [0, 0.05) is 0 Å². The summed E-state index contributed by atoms with van der Waals surface area (Å²) >= 11 is 0. The van der Waals surface area contributed by atoms with Crippen LogP contribution in [0.3, 0.4) is 0 Å². The van der Waals surface area contributed by atoms with E-state index in [0.29, 0.717) is 10.8 Å². The Kier molecular flexibility index (Phi) is 4.26. The van der Waals surface area contributed by atoms with Gasteiger partial charge < -0.3 is 0 Å². The van der Waals surface area contributed by atoms with Crippen LogP contribution >= 0.6 is 0 Å². The Labute approximate surface area is 103 Å². The molecule has 0 spiro atoms. The maximum Gasteiger partial charge on any atom is -0.00930 e. The first-order chi connectivity index (χ1) is 7.52. The van der Waals surface area contributed by atoms with E-state index in [1.807, 2.05) is 0 Å². The Morgan fingerprint density at radius 3 is 1.12 bits per heavy atom. The molecule has 0 aromatic rings. The SMILES string of the molecule is CCC1(CC)CCC(CC)(CC)C(C)=C1C. The second-order valence-electron chi connectivity index (χ2n) is 5.72. The predicted molar refractivity (Wildman–Crippen MR) is 73.6 cm³/mol. The summed E-state index contributed by atoms with van der Waals surface area (Å²) in [6, 6.07) is 0. The molecule has 0 aromatic carbocycles. The van der Waals surface area contributed by atoms with Crippen LogP contribution in [0.15, 0.2) is 11.1 Å². The molecule has 0 heterocycles. The van der Waals surface area contributed by atoms with Crippen molar-refractivity contribution in [2.24, 2.45) is 10.8 Å². The first-order valence-electron chi connectivity index (χ1n) is 7.20. The zero-order valence-electron chi connectivity index (χ0n) is 12.2. The quantitative estimate of drug-likeness (QED) is 0.533. The zero-order chi connectivity index (χ0) is 12.4. The number of hydrogen-bond acceptors (Lipinski definition) is 0. The fourth-order valence-electron chi connectivity index (χ4n) is 3.92. The monoisotopic (exact) mass is 222 g/mol. The molecule has 0 aliphatic heterocycles. The van der Waals surface area contributed by atoms with Gasteiger partial charge in [-0.25, -0.2) is 0 Å². The van der Waals surface area contributed by atoms with Crippen LogP contribution < -0.4 is 0 Å². The zero-order valence-corrected chi connectivity index (χ0v) is 12.2. The van der Waals surface area contributed by atoms with Gasteiger partial charge in [0.05, 0.1) is 0 Å². The van der Waals surface area contributed by atoms with E-state index in [2.05, 4.69) is 41.5 Å². The molecule has 0 atom stereocenters. The third-order valence-electron chi connectivity index (χ3n) is 5.94. The molecule has 0 amide bonds. The van der Waals surface area contributed by atoms with Gasteiger partial charge in [0.1, 0.15) is 0 Å². The van der Waals surface area contributed by atoms with Gasteiger partial charge in [0.15, 0.2) is 0 Å². The van der Waals surface area contributed by atoms with Crippen molar-refractivity contribution in [1.82, 2.24) is 0 Å². The normalized spacial score (nSPS) is 23.6. The van der Waals surface area contributed by atoms with Crippen molar-refractivity contribution in [3.63, 3.8) is 0 Å². The average Bonchev–Trinajstić information content (AvgIpc) is 2.34. The Balaban J connectivity index is 3.19. The van der Waals surface area contributed by atoms with E-state index in [4.69, 9.17) is 0 Å². The van der Waals surface area contributed by atoms with Gasteiger partial charge in [-0.05, 0) is 63.2 Å². The fourth-order valence-corrected chi connectivity index (χ4v) is 3.92. The van der Waals surface area contributed by atoms with Crippen LogP contribution in [0.5, 0.6) is 0 Å². The highest BCUT2D eigenvalue weighted by Crippen LogP contribution is 2.54. The minimum absolute atomic E-state index is 0.526. The molecule has 0 saturated carbocycles. The molecule has 0 fully saturated rings. The van der Waals surface area contributed by atoms with Crippen LogP contribution in [0.4, 0.5) is 0 Å². The van der Waals surface area contributed by atoms with Gasteiger partial charge in [-0.1, -0.05) is 38.8 Å². The first kappa shape index (κ1) is 13.8. The highest BCUT2D eigenvalue weighted by Gasteiger charge is 2.41. The van der Waals surface area contributed by atoms with Gasteiger partial charge >= 0.3 is 0 Å². The lowest BCUT2D eigenvalue weighted by atomic mass is 9.57. The number of allylic oxidation sites excluding steroid dienone is 2. The summed E-state index contributed by atoms with van der Waals surface area (Å²) in [7, 11) is 0. The van der Waals surface area contributed by atoms with Crippen molar-refractivity contribution in [1.29, 1.82) is 0 Å². The van der Waals surface area contributed by atoms with E-state index in [-0.39, 0.29) is 0 Å². The van der Waals surface area contributed by atoms with E-state index >= 15 is 0 Å². The van der Waals surface area contributed by atoms with Crippen molar-refractivity contribution < 1.29 is 0 Å². The molecule has 94 valence electrons. The lowest BCUT2D eigenvalue weighted by Crippen LogP contribution is -2.34. The van der Waals surface area contributed by atoms with Crippen LogP contribution in [0.1, 0.15) is 80.1 Å². The van der Waals surface area contributed by atoms with E-state index in [0.717, 1.165) is 0 Å². The van der Waals surface area contributed by atoms with E-state index in [1.165, 1.54) is 38.5 Å². The van der Waals surface area contributed by atoms with E-state index in [9.17, 15) is 0 Å². The molecule has 1 aliphatic carbocycles. The smallest absolute Gasteiger partial charge is 0.00930 e. The molecule has 1 rings (SSSR count). The van der Waals surface area contributed by atoms with Gasteiger partial charge in [0.2, 0.25) is 0 Å². The van der Waals surface area contributed by atoms with Gasteiger partial charge in [0.25, 0.3) is 0 Å². The van der Waals surface area contributed by atoms with Crippen molar-refractivity contribution >= 4 is 0 Å². The molecule has 0 nitrogen and oxygen atoms in total. The minimum Gasteiger partial charge on any atom is -0.0677 e. The summed E-state index contributed by atoms with van der Waals surface area (Å²) in [5, 5.41) is 0. The summed E-state index contributed by atoms with van der Waals surface area (Å²) in [5.41, 5.74) is 4.48. The first-order valence-corrected chi connectivity index (χ1v) is 7.20. The van der Waals surface area contributed by atoms with Gasteiger partial charge in [-0.3, -0.25) is 0 Å². The van der Waals surface area contributed by atoms with Crippen molar-refractivity contribution in [2.75, 3.05) is 0 Å². The fraction of sp³-hybridized carbons (Fsp3) is 0.875. The molecule has 0 unspecified atom stereocenters. The summed E-state index contributed by atoms with van der Waals surface area (Å²) in [4.78, 5) is 0. The molecular weight excluding hydrogens is 192 g/mol. The third-order valence-corrected chi connectivity index (χ3v) is 5.94. The third kappa shape index (κ3) is 1.85. The standard InChI is InChI=1S/C16H30/c1-7-15(8-2)11-12-16(9-3,10-4)14(6)13(15)5/h7-12H2,1-6H3. The maximum absolute atomic E-state index is 2.40. The molecule has 0 aromatic heterocycles. The molecule has 1 aliphatic rings. The van der Waals surface area contributed by atoms with Crippen LogP contribution in [-0.2, 0) is 0 Å². The van der Waals surface area contributed by atoms with Crippen LogP contribution in [-0.4, -0.2) is 0 Å². The Bertz CT molecular complexity index is 234. The molecule has 16 heavy (non-hydrogen) atoms. The predicted octanol–water partition coefficient (Wildman–Crippen LogP) is 5.73. The minimum atomic E-state index is 0.526. The number of hydrogen-bond donors (Lipinski definition) is 0. The van der Waals surface area contributed by atoms with E-state index in [1.54, 1.807) is 11.1 Å². The Hall–Kier alpha value is -0.260. The largest absolute Gasteiger partial charge is 0.0677 e. The summed E-state index contributed by atoms with van der Waals surface area (Å²) in [6.45, 7) is 14.3. The highest BCUT2D eigenvalue weighted by atomic mass is 14.5. The maximum atomic E-state index is 2.40. The van der Waals surface area contributed by atoms with Crippen molar-refractivity contribution in [3.05, 3.63) is 11.1 Å². The average molecular weight is 222 g/mol. The molecule has 0 N–H and O–H groups in total. The van der Waals surface area contributed by atoms with Crippen LogP contribution in [0, 0.1) is 10.8 Å². The summed E-state index contributed by atoms with van der Waals surface area (Å²) in [6.07, 6.45) is 8.08. The van der Waals surface area contributed by atoms with Crippen LogP contribution in [0.25, 0.3) is 0 Å². The molecular formula is C16H30. The topological polar surface area (TPSA) is 0 Å². The summed E-state index contributed by atoms with van der Waals surface area (Å²) in [5.74, 6) is 0. The lowest BCUT2D eigenvalue weighted by molar-refractivity contribution is 0.175. The molecule has 0 saturated heterocycles. The van der Waals surface area contributed by atoms with E-state index < -0.39 is 0 Å². The van der Waals surface area contributed by atoms with Crippen molar-refractivity contribution in [3.8, 4) is 0 Å². The number of rotatable bonds is 4. The Morgan fingerprint density at radius 1 is 0.688 bits per heavy atom. The second kappa shape index (κ2) is 4.94. The highest BCUT2D eigenvalue weighted by molar-refractivity contribution is 5.28. The molecule has 0 bridgehead atoms. The lowest BCUT2D eigenvalue weighted by Gasteiger charge is -2.47. The molecule has 0 heteroatoms.